The summed E-state index contributed by atoms with van der Waals surface area (Å²) in [5.41, 5.74) is 7.72. The molecule has 0 atom stereocenters. The topological polar surface area (TPSA) is 51.4 Å². The van der Waals surface area contributed by atoms with Gasteiger partial charge >= 0.3 is 0 Å². The predicted molar refractivity (Wildman–Crippen MR) is 74.8 cm³/mol. The zero-order chi connectivity index (χ0) is 12.0. The highest BCUT2D eigenvalue weighted by atomic mass is 35.5. The Balaban J connectivity index is 0.00000256. The number of nitrogens with zero attached hydrogens (tertiary/aromatic N) is 2. The number of rotatable bonds is 7. The fourth-order valence-electron chi connectivity index (χ4n) is 1.55. The second-order valence-electron chi connectivity index (χ2n) is 4.66. The van der Waals surface area contributed by atoms with Crippen molar-refractivity contribution in [2.45, 2.75) is 25.9 Å². The van der Waals surface area contributed by atoms with Crippen LogP contribution in [0.2, 0.25) is 0 Å². The van der Waals surface area contributed by atoms with Crippen LogP contribution in [0.3, 0.4) is 0 Å². The molecule has 0 unspecified atom stereocenters. The predicted octanol–water partition coefficient (Wildman–Crippen LogP) is 1.75. The molecular weight excluding hydrogens is 258 g/mol. The molecule has 0 saturated heterocycles. The molecule has 0 aliphatic heterocycles. The van der Waals surface area contributed by atoms with Crippen LogP contribution in [-0.2, 0) is 11.3 Å². The van der Waals surface area contributed by atoms with Crippen molar-refractivity contribution in [1.29, 1.82) is 0 Å². The molecule has 0 fully saturated rings. The van der Waals surface area contributed by atoms with Crippen LogP contribution in [0.1, 0.15) is 18.7 Å². The van der Waals surface area contributed by atoms with Gasteiger partial charge in [-0.05, 0) is 13.8 Å². The van der Waals surface area contributed by atoms with Gasteiger partial charge in [0, 0.05) is 43.4 Å². The third-order valence-electron chi connectivity index (χ3n) is 2.11. The molecule has 17 heavy (non-hydrogen) atoms. The largest absolute Gasteiger partial charge is 0.383 e. The van der Waals surface area contributed by atoms with E-state index in [-0.39, 0.29) is 17.9 Å². The van der Waals surface area contributed by atoms with E-state index in [2.05, 4.69) is 9.88 Å². The lowest BCUT2D eigenvalue weighted by Crippen LogP contribution is -2.45. The average molecular weight is 280 g/mol. The molecule has 4 nitrogen and oxygen atoms in total. The Morgan fingerprint density at radius 1 is 1.53 bits per heavy atom. The Labute approximate surface area is 114 Å². The maximum absolute atomic E-state index is 6.04. The summed E-state index contributed by atoms with van der Waals surface area (Å²) in [6.07, 6.45) is 1.91. The Kier molecular flexibility index (Phi) is 7.91. The average Bonchev–Trinajstić information content (AvgIpc) is 2.64. The van der Waals surface area contributed by atoms with Crippen LogP contribution in [0, 0.1) is 0 Å². The van der Waals surface area contributed by atoms with E-state index in [0.29, 0.717) is 0 Å². The molecule has 0 radical (unpaired) electrons. The van der Waals surface area contributed by atoms with Crippen molar-refractivity contribution in [3.8, 4) is 0 Å². The first-order valence-corrected chi connectivity index (χ1v) is 6.27. The molecule has 1 heterocycles. The number of hydrogen-bond donors (Lipinski definition) is 1. The van der Waals surface area contributed by atoms with Gasteiger partial charge < -0.3 is 10.5 Å². The van der Waals surface area contributed by atoms with Crippen molar-refractivity contribution in [3.63, 3.8) is 0 Å². The van der Waals surface area contributed by atoms with Crippen LogP contribution in [0.15, 0.2) is 11.7 Å². The lowest BCUT2D eigenvalue weighted by Gasteiger charge is -2.29. The molecule has 0 aliphatic rings. The lowest BCUT2D eigenvalue weighted by atomic mass is 10.1. The van der Waals surface area contributed by atoms with Gasteiger partial charge in [0.1, 0.15) is 0 Å². The Bertz CT molecular complexity index is 287. The molecule has 0 spiro atoms. The quantitative estimate of drug-likeness (QED) is 0.826. The molecule has 1 aromatic heterocycles. The van der Waals surface area contributed by atoms with E-state index in [1.165, 1.54) is 4.88 Å². The monoisotopic (exact) mass is 279 g/mol. The lowest BCUT2D eigenvalue weighted by molar-refractivity contribution is 0.131. The summed E-state index contributed by atoms with van der Waals surface area (Å²) < 4.78 is 5.11. The summed E-state index contributed by atoms with van der Waals surface area (Å²) in [4.78, 5) is 7.65. The standard InChI is InChI=1S/C11H21N3OS.ClH/c1-11(2,12)8-14(4-5-15-3)7-10-6-13-9-16-10;/h6,9H,4-5,7-8,12H2,1-3H3;1H. The van der Waals surface area contributed by atoms with Crippen LogP contribution < -0.4 is 5.73 Å². The SMILES string of the molecule is COCCN(Cc1cncs1)CC(C)(C)N.Cl. The molecule has 0 saturated carbocycles. The van der Waals surface area contributed by atoms with Gasteiger partial charge in [-0.25, -0.2) is 0 Å². The number of halogens is 1. The first kappa shape index (κ1) is 16.8. The minimum atomic E-state index is -0.182. The van der Waals surface area contributed by atoms with Crippen LogP contribution >= 0.6 is 23.7 Å². The number of ether oxygens (including phenoxy) is 1. The number of hydrogen-bond acceptors (Lipinski definition) is 5. The summed E-state index contributed by atoms with van der Waals surface area (Å²) in [7, 11) is 1.72. The fraction of sp³-hybridized carbons (Fsp3) is 0.727. The summed E-state index contributed by atoms with van der Waals surface area (Å²) >= 11 is 1.68. The van der Waals surface area contributed by atoms with E-state index in [9.17, 15) is 0 Å². The summed E-state index contributed by atoms with van der Waals surface area (Å²) in [6, 6.07) is 0. The summed E-state index contributed by atoms with van der Waals surface area (Å²) in [5, 5.41) is 0. The maximum Gasteiger partial charge on any atom is 0.0794 e. The highest BCUT2D eigenvalue weighted by Crippen LogP contribution is 2.11. The highest BCUT2D eigenvalue weighted by Gasteiger charge is 2.17. The van der Waals surface area contributed by atoms with Gasteiger partial charge in [-0.15, -0.1) is 23.7 Å². The minimum absolute atomic E-state index is 0. The fourth-order valence-corrected chi connectivity index (χ4v) is 2.19. The number of methoxy groups -OCH3 is 1. The Morgan fingerprint density at radius 2 is 2.24 bits per heavy atom. The third-order valence-corrected chi connectivity index (χ3v) is 2.87. The van der Waals surface area contributed by atoms with Crippen molar-refractivity contribution < 1.29 is 4.74 Å². The van der Waals surface area contributed by atoms with E-state index in [4.69, 9.17) is 10.5 Å². The van der Waals surface area contributed by atoms with E-state index in [1.54, 1.807) is 18.4 Å². The molecule has 2 N–H and O–H groups in total. The van der Waals surface area contributed by atoms with Gasteiger partial charge in [0.25, 0.3) is 0 Å². The number of aromatic nitrogens is 1. The second-order valence-corrected chi connectivity index (χ2v) is 5.63. The first-order chi connectivity index (χ1) is 7.51. The van der Waals surface area contributed by atoms with Crippen LogP contribution in [0.4, 0.5) is 0 Å². The zero-order valence-electron chi connectivity index (χ0n) is 10.7. The van der Waals surface area contributed by atoms with Crippen molar-refractivity contribution >= 4 is 23.7 Å². The molecule has 0 aliphatic carbocycles. The van der Waals surface area contributed by atoms with Gasteiger partial charge in [-0.2, -0.15) is 0 Å². The molecule has 6 heteroatoms. The zero-order valence-corrected chi connectivity index (χ0v) is 12.3. The third kappa shape index (κ3) is 7.68. The van der Waals surface area contributed by atoms with Crippen molar-refractivity contribution in [3.05, 3.63) is 16.6 Å². The van der Waals surface area contributed by atoms with Crippen LogP contribution in [0.5, 0.6) is 0 Å². The van der Waals surface area contributed by atoms with Crippen molar-refractivity contribution in [1.82, 2.24) is 9.88 Å². The normalized spacial score (nSPS) is 11.6. The van der Waals surface area contributed by atoms with E-state index in [0.717, 1.165) is 26.2 Å². The van der Waals surface area contributed by atoms with Crippen LogP contribution in [-0.4, -0.2) is 42.2 Å². The number of thiazole rings is 1. The summed E-state index contributed by atoms with van der Waals surface area (Å²) in [6.45, 7) is 7.46. The first-order valence-electron chi connectivity index (χ1n) is 5.39. The molecule has 0 bridgehead atoms. The second kappa shape index (κ2) is 8.00. The molecule has 1 rings (SSSR count). The Hall–Kier alpha value is -0.200. The van der Waals surface area contributed by atoms with E-state index in [1.807, 2.05) is 25.6 Å². The van der Waals surface area contributed by atoms with Gasteiger partial charge in [-0.3, -0.25) is 9.88 Å². The molecule has 0 amide bonds. The van der Waals surface area contributed by atoms with Crippen molar-refractivity contribution in [2.24, 2.45) is 5.73 Å². The summed E-state index contributed by atoms with van der Waals surface area (Å²) in [5.74, 6) is 0. The van der Waals surface area contributed by atoms with Gasteiger partial charge in [-0.1, -0.05) is 0 Å². The molecule has 100 valence electrons. The molecular formula is C11H22ClN3OS. The van der Waals surface area contributed by atoms with E-state index < -0.39 is 0 Å². The minimum Gasteiger partial charge on any atom is -0.383 e. The molecule has 1 aromatic rings. The maximum atomic E-state index is 6.04. The van der Waals surface area contributed by atoms with Gasteiger partial charge in [0.2, 0.25) is 0 Å². The molecule has 0 aromatic carbocycles. The smallest absolute Gasteiger partial charge is 0.0794 e. The Morgan fingerprint density at radius 3 is 2.71 bits per heavy atom. The van der Waals surface area contributed by atoms with Crippen LogP contribution in [0.25, 0.3) is 0 Å². The van der Waals surface area contributed by atoms with Crippen molar-refractivity contribution in [2.75, 3.05) is 26.8 Å². The number of nitrogens with two attached hydrogens (primary N) is 1. The van der Waals surface area contributed by atoms with Gasteiger partial charge in [0.05, 0.1) is 12.1 Å². The highest BCUT2D eigenvalue weighted by molar-refractivity contribution is 7.09. The van der Waals surface area contributed by atoms with E-state index >= 15 is 0 Å². The van der Waals surface area contributed by atoms with Gasteiger partial charge in [0.15, 0.2) is 0 Å².